The number of pyridine rings is 1. The lowest BCUT2D eigenvalue weighted by atomic mass is 10.3. The van der Waals surface area contributed by atoms with Crippen LogP contribution in [0.4, 0.5) is 48.3 Å². The molecule has 0 amide bonds. The van der Waals surface area contributed by atoms with Crippen molar-refractivity contribution in [2.45, 2.75) is 23.3 Å². The summed E-state index contributed by atoms with van der Waals surface area (Å²) in [6.07, 6.45) is -9.53. The highest BCUT2D eigenvalue weighted by atomic mass is 32.3. The first-order valence-corrected chi connectivity index (χ1v) is 9.27. The van der Waals surface area contributed by atoms with Gasteiger partial charge in [-0.15, -0.1) is 0 Å². The van der Waals surface area contributed by atoms with Gasteiger partial charge in [0.15, 0.2) is 20.0 Å². The molecule has 0 saturated carbocycles. The van der Waals surface area contributed by atoms with Gasteiger partial charge in [-0.3, -0.25) is 0 Å². The van der Waals surface area contributed by atoms with Gasteiger partial charge in [-0.2, -0.15) is 58.4 Å². The molecule has 21 heteroatoms. The lowest BCUT2D eigenvalue weighted by Gasteiger charge is -2.22. The summed E-state index contributed by atoms with van der Waals surface area (Å²) in [4.78, 5) is 3.41. The average molecular weight is 519 g/mol. The Kier molecular flexibility index (Phi) is 8.24. The van der Waals surface area contributed by atoms with Crippen LogP contribution in [-0.4, -0.2) is 40.1 Å². The third-order valence-electron chi connectivity index (χ3n) is 2.26. The van der Waals surface area contributed by atoms with Crippen molar-refractivity contribution in [1.29, 1.82) is 5.26 Å². The minimum atomic E-state index is -6.72. The van der Waals surface area contributed by atoms with Gasteiger partial charge in [0.2, 0.25) is 12.4 Å². The molecule has 0 aliphatic rings. The summed E-state index contributed by atoms with van der Waals surface area (Å²) in [5, 5.41) is 8.36. The second-order valence-electron chi connectivity index (χ2n) is 4.58. The Hall–Kier alpha value is -2.47. The Morgan fingerprint density at radius 2 is 1.16 bits per heavy atom. The van der Waals surface area contributed by atoms with E-state index in [4.69, 9.17) is 5.26 Å². The molecule has 1 heterocycles. The molecule has 0 spiro atoms. The number of aromatic nitrogens is 1. The molecule has 0 saturated heterocycles. The molecule has 0 radical (unpaired) electrons. The van der Waals surface area contributed by atoms with Crippen LogP contribution in [0.25, 0.3) is 4.13 Å². The number of alkyl halides is 11. The van der Waals surface area contributed by atoms with Crippen LogP contribution in [0.2, 0.25) is 0 Å². The van der Waals surface area contributed by atoms with E-state index >= 15 is 0 Å². The van der Waals surface area contributed by atoms with E-state index in [0.29, 0.717) is 0 Å². The van der Waals surface area contributed by atoms with Crippen molar-refractivity contribution < 1.29 is 74.7 Å². The van der Waals surface area contributed by atoms with Gasteiger partial charge < -0.3 is 4.13 Å². The van der Waals surface area contributed by atoms with Crippen LogP contribution in [0.15, 0.2) is 24.5 Å². The summed E-state index contributed by atoms with van der Waals surface area (Å²) < 4.78 is 169. The predicted molar refractivity (Wildman–Crippen MR) is 72.2 cm³/mol. The third kappa shape index (κ3) is 7.94. The Labute approximate surface area is 164 Å². The quantitative estimate of drug-likeness (QED) is 0.446. The minimum Gasteiger partial charge on any atom is -0.421 e. The highest BCUT2D eigenvalue weighted by molar-refractivity contribution is 8.13. The Balaban J connectivity index is 0.000000582. The van der Waals surface area contributed by atoms with Crippen LogP contribution >= 0.6 is 0 Å². The monoisotopic (exact) mass is 519 g/mol. The fourth-order valence-electron chi connectivity index (χ4n) is 0.946. The first-order chi connectivity index (χ1) is 13.5. The van der Waals surface area contributed by atoms with E-state index < -0.39 is 43.3 Å². The maximum atomic E-state index is 12.4. The molecule has 0 aliphatic carbocycles. The minimum absolute atomic E-state index is 0.107. The van der Waals surface area contributed by atoms with Crippen LogP contribution < -0.4 is 9.57 Å². The van der Waals surface area contributed by atoms with Gasteiger partial charge in [0, 0.05) is 16.9 Å². The molecule has 0 aliphatic heterocycles. The lowest BCUT2D eigenvalue weighted by molar-refractivity contribution is -0.927. The van der Waals surface area contributed by atoms with Crippen molar-refractivity contribution in [2.75, 3.05) is 0 Å². The van der Waals surface area contributed by atoms with Gasteiger partial charge in [-0.05, 0) is 0 Å². The largest absolute Gasteiger partial charge is 0.556 e. The van der Waals surface area contributed by atoms with E-state index in [1.165, 1.54) is 0 Å². The average Bonchev–Trinajstić information content (AvgIpc) is 2.51. The van der Waals surface area contributed by atoms with Gasteiger partial charge >= 0.3 is 23.3 Å². The van der Waals surface area contributed by atoms with E-state index in [0.717, 1.165) is 28.7 Å². The van der Waals surface area contributed by atoms with Crippen LogP contribution in [0.3, 0.4) is 0 Å². The summed E-state index contributed by atoms with van der Waals surface area (Å²) in [6, 6.07) is 3.74. The number of sulfonamides is 2. The molecule has 0 bridgehead atoms. The number of nitriles is 1. The standard InChI is InChI=1S/C8H4F5N2O.C2F6NO4S2/c9-7(10,11)8(12,13)16-15-3-1-6(5-14)2-4-15;3-1(4,5)14(10,11)9-15(12,13)2(6,7)8/h1-4H;/q+1;-1. The number of rotatable bonds is 4. The Morgan fingerprint density at radius 3 is 1.42 bits per heavy atom. The molecular formula is C10H4F11N3O5S2. The fraction of sp³-hybridized carbons (Fsp3) is 0.400. The molecule has 0 atom stereocenters. The second-order valence-corrected chi connectivity index (χ2v) is 8.00. The van der Waals surface area contributed by atoms with Crippen molar-refractivity contribution in [3.8, 4) is 6.07 Å². The van der Waals surface area contributed by atoms with Gasteiger partial charge in [-0.1, -0.05) is 0 Å². The van der Waals surface area contributed by atoms with E-state index in [-0.39, 0.29) is 10.3 Å². The summed E-state index contributed by atoms with van der Waals surface area (Å²) in [5.74, 6) is 0. The molecule has 0 aromatic carbocycles. The van der Waals surface area contributed by atoms with Crippen molar-refractivity contribution >= 4 is 20.0 Å². The first-order valence-electron chi connectivity index (χ1n) is 6.39. The molecule has 0 fully saturated rings. The zero-order valence-electron chi connectivity index (χ0n) is 13.7. The first kappa shape index (κ1) is 28.5. The number of nitrogens with zero attached hydrogens (tertiary/aromatic N) is 3. The van der Waals surface area contributed by atoms with E-state index in [2.05, 4.69) is 4.84 Å². The molecule has 8 nitrogen and oxygen atoms in total. The molecule has 1 aromatic rings. The number of hydrogen-bond donors (Lipinski definition) is 0. The highest BCUT2D eigenvalue weighted by Gasteiger charge is 2.65. The normalized spacial score (nSPS) is 13.6. The molecular weight excluding hydrogens is 515 g/mol. The molecule has 1 rings (SSSR count). The molecule has 0 N–H and O–H groups in total. The Bertz CT molecular complexity index is 965. The fourth-order valence-corrected chi connectivity index (χ4v) is 2.66. The SMILES string of the molecule is N#Cc1cc[n+](OC(F)(F)C(F)(F)F)cc1.O=S(=O)([N-]S(=O)(=O)C(F)(F)F)C(F)(F)F. The summed E-state index contributed by atoms with van der Waals surface area (Å²) in [5.41, 5.74) is -12.3. The molecule has 1 aromatic heterocycles. The van der Waals surface area contributed by atoms with E-state index in [1.54, 1.807) is 6.07 Å². The van der Waals surface area contributed by atoms with Crippen LogP contribution in [0, 0.1) is 11.3 Å². The van der Waals surface area contributed by atoms with Crippen molar-refractivity contribution in [2.24, 2.45) is 0 Å². The maximum absolute atomic E-state index is 12.4. The molecule has 31 heavy (non-hydrogen) atoms. The predicted octanol–water partition coefficient (Wildman–Crippen LogP) is 2.49. The Morgan fingerprint density at radius 1 is 0.806 bits per heavy atom. The molecule has 0 unspecified atom stereocenters. The maximum Gasteiger partial charge on any atom is 0.556 e. The van der Waals surface area contributed by atoms with Gasteiger partial charge in [-0.25, -0.2) is 16.8 Å². The van der Waals surface area contributed by atoms with Crippen LogP contribution in [-0.2, 0) is 20.0 Å². The van der Waals surface area contributed by atoms with Gasteiger partial charge in [0.1, 0.15) is 0 Å². The second kappa shape index (κ2) is 8.95. The van der Waals surface area contributed by atoms with Crippen molar-refractivity contribution in [1.82, 2.24) is 0 Å². The zero-order chi connectivity index (χ0) is 25.1. The summed E-state index contributed by atoms with van der Waals surface area (Å²) >= 11 is 0. The van der Waals surface area contributed by atoms with Crippen LogP contribution in [0.1, 0.15) is 5.56 Å². The van der Waals surface area contributed by atoms with E-state index in [9.17, 15) is 65.1 Å². The smallest absolute Gasteiger partial charge is 0.421 e. The molecule has 178 valence electrons. The third-order valence-corrected chi connectivity index (χ3v) is 5.00. The topological polar surface area (TPSA) is 119 Å². The lowest BCUT2D eigenvalue weighted by Crippen LogP contribution is -2.57. The van der Waals surface area contributed by atoms with Gasteiger partial charge in [0.05, 0.1) is 11.6 Å². The van der Waals surface area contributed by atoms with Crippen molar-refractivity contribution in [3.63, 3.8) is 0 Å². The van der Waals surface area contributed by atoms with Crippen LogP contribution in [0.5, 0.6) is 0 Å². The summed E-state index contributed by atoms with van der Waals surface area (Å²) in [7, 11) is -13.4. The number of halogens is 11. The van der Waals surface area contributed by atoms with Gasteiger partial charge in [0.25, 0.3) is 0 Å². The highest BCUT2D eigenvalue weighted by Crippen LogP contribution is 2.36. The zero-order valence-corrected chi connectivity index (χ0v) is 15.3. The van der Waals surface area contributed by atoms with Crippen molar-refractivity contribution in [3.05, 3.63) is 34.2 Å². The number of hydrogen-bond acceptors (Lipinski definition) is 6. The van der Waals surface area contributed by atoms with E-state index in [1.807, 2.05) is 0 Å². The summed E-state index contributed by atoms with van der Waals surface area (Å²) in [6.45, 7) is 0.